The summed E-state index contributed by atoms with van der Waals surface area (Å²) in [5.74, 6) is -0.232. The normalized spacial score (nSPS) is 10.4. The lowest BCUT2D eigenvalue weighted by molar-refractivity contribution is -0.115. The van der Waals surface area contributed by atoms with Crippen LogP contribution in [0.1, 0.15) is 10.4 Å². The molecule has 0 aliphatic rings. The Hall–Kier alpha value is -1.98. The second-order valence-corrected chi connectivity index (χ2v) is 5.39. The minimum Gasteiger partial charge on any atom is -0.358 e. The standard InChI is InChI=1S/C15H14N2OS2/c18-14(9-8-13-7-4-10-20-13)17-15(19)16-11-12-5-2-1-3-6-12/h1-10H,11H2,(H2,16,17,18,19)/b9-8+. The molecule has 0 saturated carbocycles. The topological polar surface area (TPSA) is 41.1 Å². The Balaban J connectivity index is 1.75. The fourth-order valence-electron chi connectivity index (χ4n) is 1.52. The molecule has 2 aromatic rings. The number of rotatable bonds is 4. The predicted octanol–water partition coefficient (Wildman–Crippen LogP) is 2.95. The number of benzene rings is 1. The Morgan fingerprint density at radius 2 is 2.00 bits per heavy atom. The zero-order valence-corrected chi connectivity index (χ0v) is 12.3. The van der Waals surface area contributed by atoms with Gasteiger partial charge >= 0.3 is 0 Å². The second kappa shape index (κ2) is 7.57. The van der Waals surface area contributed by atoms with Gasteiger partial charge in [0.2, 0.25) is 5.91 Å². The second-order valence-electron chi connectivity index (χ2n) is 4.01. The maximum atomic E-state index is 11.6. The summed E-state index contributed by atoms with van der Waals surface area (Å²) in [6.07, 6.45) is 3.24. The molecule has 20 heavy (non-hydrogen) atoms. The molecule has 0 unspecified atom stereocenters. The molecule has 1 heterocycles. The van der Waals surface area contributed by atoms with Gasteiger partial charge < -0.3 is 5.32 Å². The van der Waals surface area contributed by atoms with Gasteiger partial charge in [0, 0.05) is 17.5 Å². The van der Waals surface area contributed by atoms with Crippen LogP contribution in [0.4, 0.5) is 0 Å². The number of carbonyl (C=O) groups is 1. The Morgan fingerprint density at radius 1 is 1.20 bits per heavy atom. The lowest BCUT2D eigenvalue weighted by atomic mass is 10.2. The summed E-state index contributed by atoms with van der Waals surface area (Å²) in [5, 5.41) is 7.89. The van der Waals surface area contributed by atoms with E-state index in [4.69, 9.17) is 12.2 Å². The van der Waals surface area contributed by atoms with Crippen molar-refractivity contribution in [2.24, 2.45) is 0 Å². The smallest absolute Gasteiger partial charge is 0.250 e. The summed E-state index contributed by atoms with van der Waals surface area (Å²) in [7, 11) is 0. The Kier molecular flexibility index (Phi) is 5.46. The van der Waals surface area contributed by atoms with Crippen LogP contribution in [0.2, 0.25) is 0 Å². The first-order chi connectivity index (χ1) is 9.74. The van der Waals surface area contributed by atoms with Gasteiger partial charge in [0.1, 0.15) is 0 Å². The van der Waals surface area contributed by atoms with Gasteiger partial charge in [-0.2, -0.15) is 0 Å². The van der Waals surface area contributed by atoms with Gasteiger partial charge in [0.15, 0.2) is 5.11 Å². The van der Waals surface area contributed by atoms with Crippen LogP contribution < -0.4 is 10.6 Å². The molecule has 102 valence electrons. The van der Waals surface area contributed by atoms with Crippen molar-refractivity contribution < 1.29 is 4.79 Å². The highest BCUT2D eigenvalue weighted by molar-refractivity contribution is 7.80. The highest BCUT2D eigenvalue weighted by atomic mass is 32.1. The minimum absolute atomic E-state index is 0.232. The van der Waals surface area contributed by atoms with Gasteiger partial charge in [-0.15, -0.1) is 11.3 Å². The van der Waals surface area contributed by atoms with E-state index in [0.717, 1.165) is 10.4 Å². The van der Waals surface area contributed by atoms with Crippen molar-refractivity contribution in [2.45, 2.75) is 6.54 Å². The summed E-state index contributed by atoms with van der Waals surface area (Å²) < 4.78 is 0. The molecule has 0 radical (unpaired) electrons. The van der Waals surface area contributed by atoms with Crippen LogP contribution >= 0.6 is 23.6 Å². The number of nitrogens with one attached hydrogen (secondary N) is 2. The number of thiocarbonyl (C=S) groups is 1. The minimum atomic E-state index is -0.232. The number of carbonyl (C=O) groups excluding carboxylic acids is 1. The highest BCUT2D eigenvalue weighted by Gasteiger charge is 2.00. The third kappa shape index (κ3) is 4.95. The average Bonchev–Trinajstić information content (AvgIpc) is 2.97. The van der Waals surface area contributed by atoms with Gasteiger partial charge in [-0.1, -0.05) is 36.4 Å². The Morgan fingerprint density at radius 3 is 2.70 bits per heavy atom. The van der Waals surface area contributed by atoms with Crippen LogP contribution in [0.25, 0.3) is 6.08 Å². The molecule has 2 N–H and O–H groups in total. The van der Waals surface area contributed by atoms with E-state index in [1.807, 2.05) is 47.8 Å². The molecule has 0 atom stereocenters. The van der Waals surface area contributed by atoms with Crippen LogP contribution in [-0.4, -0.2) is 11.0 Å². The number of amides is 1. The Labute approximate surface area is 127 Å². The molecule has 0 bridgehead atoms. The monoisotopic (exact) mass is 302 g/mol. The van der Waals surface area contributed by atoms with Crippen LogP contribution in [-0.2, 0) is 11.3 Å². The number of hydrogen-bond acceptors (Lipinski definition) is 3. The first kappa shape index (κ1) is 14.4. The third-order valence-electron chi connectivity index (χ3n) is 2.47. The molecule has 0 fully saturated rings. The van der Waals surface area contributed by atoms with E-state index < -0.39 is 0 Å². The van der Waals surface area contributed by atoms with Gasteiger partial charge in [-0.25, -0.2) is 0 Å². The van der Waals surface area contributed by atoms with Crippen molar-refractivity contribution in [3.8, 4) is 0 Å². The van der Waals surface area contributed by atoms with Crippen molar-refractivity contribution in [1.29, 1.82) is 0 Å². The molecule has 5 heteroatoms. The molecule has 0 aliphatic heterocycles. The molecule has 0 saturated heterocycles. The van der Waals surface area contributed by atoms with Crippen LogP contribution in [0, 0.1) is 0 Å². The molecule has 1 aromatic carbocycles. The van der Waals surface area contributed by atoms with Gasteiger partial charge in [-0.3, -0.25) is 10.1 Å². The zero-order chi connectivity index (χ0) is 14.2. The lowest BCUT2D eigenvalue weighted by Gasteiger charge is -2.07. The van der Waals surface area contributed by atoms with E-state index in [1.54, 1.807) is 17.4 Å². The van der Waals surface area contributed by atoms with Gasteiger partial charge in [-0.05, 0) is 35.3 Å². The first-order valence-electron chi connectivity index (χ1n) is 6.08. The molecule has 2 rings (SSSR count). The van der Waals surface area contributed by atoms with E-state index in [2.05, 4.69) is 10.6 Å². The van der Waals surface area contributed by atoms with Crippen molar-refractivity contribution >= 4 is 40.7 Å². The molecule has 1 aromatic heterocycles. The van der Waals surface area contributed by atoms with E-state index in [-0.39, 0.29) is 5.91 Å². The van der Waals surface area contributed by atoms with Crippen molar-refractivity contribution in [3.05, 3.63) is 64.4 Å². The Bertz CT molecular complexity index is 592. The first-order valence-corrected chi connectivity index (χ1v) is 7.37. The zero-order valence-electron chi connectivity index (χ0n) is 10.7. The molecular weight excluding hydrogens is 288 g/mol. The summed E-state index contributed by atoms with van der Waals surface area (Å²) in [6, 6.07) is 13.8. The van der Waals surface area contributed by atoms with E-state index in [1.165, 1.54) is 6.08 Å². The lowest BCUT2D eigenvalue weighted by Crippen LogP contribution is -2.37. The molecule has 1 amide bonds. The van der Waals surface area contributed by atoms with E-state index >= 15 is 0 Å². The molecule has 0 aliphatic carbocycles. The summed E-state index contributed by atoms with van der Waals surface area (Å²) in [4.78, 5) is 12.7. The number of hydrogen-bond donors (Lipinski definition) is 2. The van der Waals surface area contributed by atoms with Gasteiger partial charge in [0.25, 0.3) is 0 Å². The summed E-state index contributed by atoms with van der Waals surface area (Å²) in [6.45, 7) is 0.592. The van der Waals surface area contributed by atoms with Gasteiger partial charge in [0.05, 0.1) is 0 Å². The maximum Gasteiger partial charge on any atom is 0.250 e. The SMILES string of the molecule is O=C(/C=C/c1cccs1)NC(=S)NCc1ccccc1. The number of thiophene rings is 1. The van der Waals surface area contributed by atoms with Crippen LogP contribution in [0.15, 0.2) is 53.9 Å². The van der Waals surface area contributed by atoms with Crippen molar-refractivity contribution in [1.82, 2.24) is 10.6 Å². The molecule has 3 nitrogen and oxygen atoms in total. The average molecular weight is 302 g/mol. The fraction of sp³-hybridized carbons (Fsp3) is 0.0667. The summed E-state index contributed by atoms with van der Waals surface area (Å²) >= 11 is 6.65. The van der Waals surface area contributed by atoms with E-state index in [9.17, 15) is 4.79 Å². The quantitative estimate of drug-likeness (QED) is 0.674. The largest absolute Gasteiger partial charge is 0.358 e. The fourth-order valence-corrected chi connectivity index (χ4v) is 2.31. The van der Waals surface area contributed by atoms with Crippen molar-refractivity contribution in [2.75, 3.05) is 0 Å². The molecule has 0 spiro atoms. The van der Waals surface area contributed by atoms with E-state index in [0.29, 0.717) is 11.7 Å². The summed E-state index contributed by atoms with van der Waals surface area (Å²) in [5.41, 5.74) is 1.11. The highest BCUT2D eigenvalue weighted by Crippen LogP contribution is 2.09. The van der Waals surface area contributed by atoms with Crippen molar-refractivity contribution in [3.63, 3.8) is 0 Å². The van der Waals surface area contributed by atoms with Crippen LogP contribution in [0.3, 0.4) is 0 Å². The predicted molar refractivity (Wildman–Crippen MR) is 87.4 cm³/mol. The van der Waals surface area contributed by atoms with Crippen LogP contribution in [0.5, 0.6) is 0 Å². The third-order valence-corrected chi connectivity index (χ3v) is 3.56. The molecular formula is C15H14N2OS2. The maximum absolute atomic E-state index is 11.6.